The highest BCUT2D eigenvalue weighted by Crippen LogP contribution is 2.40. The summed E-state index contributed by atoms with van der Waals surface area (Å²) >= 11 is 6.07. The van der Waals surface area contributed by atoms with Crippen LogP contribution in [-0.2, 0) is 9.59 Å². The van der Waals surface area contributed by atoms with Gasteiger partial charge >= 0.3 is 0 Å². The van der Waals surface area contributed by atoms with Crippen molar-refractivity contribution in [2.45, 2.75) is 19.4 Å². The average molecular weight is 325 g/mol. The number of carbonyl (C=O) groups is 3. The van der Waals surface area contributed by atoms with Gasteiger partial charge in [-0.1, -0.05) is 11.6 Å². The van der Waals surface area contributed by atoms with E-state index >= 15 is 0 Å². The zero-order valence-electron chi connectivity index (χ0n) is 11.7. The molecule has 0 spiro atoms. The van der Waals surface area contributed by atoms with E-state index in [0.717, 1.165) is 0 Å². The average Bonchev–Trinajstić information content (AvgIpc) is 3.06. The molecular weight excluding hydrogens is 312 g/mol. The van der Waals surface area contributed by atoms with Crippen molar-refractivity contribution in [3.05, 3.63) is 22.7 Å². The van der Waals surface area contributed by atoms with Gasteiger partial charge in [-0.2, -0.15) is 0 Å². The smallest absolute Gasteiger partial charge is 0.254 e. The molecule has 1 aromatic rings. The summed E-state index contributed by atoms with van der Waals surface area (Å²) in [6, 6.07) is 2.19. The minimum absolute atomic E-state index is 0.0311. The van der Waals surface area contributed by atoms with Gasteiger partial charge in [0.05, 0.1) is 11.4 Å². The van der Waals surface area contributed by atoms with Crippen LogP contribution in [0.15, 0.2) is 12.1 Å². The molecule has 0 radical (unpaired) electrons. The molecule has 8 heteroatoms. The summed E-state index contributed by atoms with van der Waals surface area (Å²) in [5.41, 5.74) is 0.281. The largest absolute Gasteiger partial charge is 0.454 e. The van der Waals surface area contributed by atoms with Gasteiger partial charge in [0.15, 0.2) is 11.5 Å². The Balaban J connectivity index is 1.90. The first-order chi connectivity index (χ1) is 10.5. The number of amides is 3. The van der Waals surface area contributed by atoms with Crippen molar-refractivity contribution in [3.63, 3.8) is 0 Å². The molecule has 22 heavy (non-hydrogen) atoms. The Kier molecular flexibility index (Phi) is 3.66. The van der Waals surface area contributed by atoms with E-state index in [9.17, 15) is 14.4 Å². The molecule has 0 aromatic heterocycles. The summed E-state index contributed by atoms with van der Waals surface area (Å²) in [5.74, 6) is -0.455. The fraction of sp³-hybridized carbons (Fsp3) is 0.357. The number of carbonyl (C=O) groups excluding carboxylic acids is 3. The lowest BCUT2D eigenvalue weighted by Gasteiger charge is -2.25. The lowest BCUT2D eigenvalue weighted by molar-refractivity contribution is -0.126. The van der Waals surface area contributed by atoms with E-state index < -0.39 is 17.9 Å². The summed E-state index contributed by atoms with van der Waals surface area (Å²) in [4.78, 5) is 37.1. The third-order valence-electron chi connectivity index (χ3n) is 3.60. The molecule has 7 nitrogen and oxygen atoms in total. The predicted molar refractivity (Wildman–Crippen MR) is 75.8 cm³/mol. The van der Waals surface area contributed by atoms with E-state index in [4.69, 9.17) is 21.1 Å². The standard InChI is InChI=1S/C14H13ClN2O5/c1-2-17(9-5-11(18)16-13(9)19)14(20)7-3-8(15)12-10(4-7)21-6-22-12/h3-4,9H,2,5-6H2,1H3,(H,16,18,19). The van der Waals surface area contributed by atoms with Crippen LogP contribution >= 0.6 is 11.6 Å². The molecule has 116 valence electrons. The summed E-state index contributed by atoms with van der Waals surface area (Å²) in [6.07, 6.45) is -0.0311. The maximum absolute atomic E-state index is 12.6. The first kappa shape index (κ1) is 14.6. The molecule has 2 aliphatic rings. The van der Waals surface area contributed by atoms with E-state index in [1.165, 1.54) is 17.0 Å². The van der Waals surface area contributed by atoms with E-state index in [1.807, 2.05) is 0 Å². The van der Waals surface area contributed by atoms with Crippen molar-refractivity contribution < 1.29 is 23.9 Å². The maximum Gasteiger partial charge on any atom is 0.254 e. The Labute approximate surface area is 131 Å². The normalized spacial score (nSPS) is 19.3. The van der Waals surface area contributed by atoms with Crippen molar-refractivity contribution >= 4 is 29.3 Å². The highest BCUT2D eigenvalue weighted by atomic mass is 35.5. The van der Waals surface area contributed by atoms with Crippen molar-refractivity contribution in [1.29, 1.82) is 0 Å². The first-order valence-corrected chi connectivity index (χ1v) is 7.13. The Morgan fingerprint density at radius 2 is 2.18 bits per heavy atom. The fourth-order valence-electron chi connectivity index (χ4n) is 2.55. The number of rotatable bonds is 3. The molecule has 0 bridgehead atoms. The highest BCUT2D eigenvalue weighted by Gasteiger charge is 2.37. The number of ether oxygens (including phenoxy) is 2. The Morgan fingerprint density at radius 1 is 1.41 bits per heavy atom. The van der Waals surface area contributed by atoms with E-state index in [-0.39, 0.29) is 36.3 Å². The number of hydrogen-bond acceptors (Lipinski definition) is 5. The Bertz CT molecular complexity index is 675. The number of benzene rings is 1. The number of fused-ring (bicyclic) bond motifs is 1. The Hall–Kier alpha value is -2.28. The number of imide groups is 1. The molecule has 3 amide bonds. The van der Waals surface area contributed by atoms with Crippen molar-refractivity contribution in [2.24, 2.45) is 0 Å². The molecule has 1 fully saturated rings. The molecule has 1 unspecified atom stereocenters. The van der Waals surface area contributed by atoms with Crippen LogP contribution in [0.5, 0.6) is 11.5 Å². The zero-order chi connectivity index (χ0) is 15.9. The molecular formula is C14H13ClN2O5. The topological polar surface area (TPSA) is 84.9 Å². The zero-order valence-corrected chi connectivity index (χ0v) is 12.5. The summed E-state index contributed by atoms with van der Waals surface area (Å²) in [6.45, 7) is 2.07. The second-order valence-electron chi connectivity index (χ2n) is 4.92. The SMILES string of the molecule is CCN(C(=O)c1cc(Cl)c2c(c1)OCO2)C1CC(=O)NC1=O. The number of likely N-dealkylation sites (N-methyl/N-ethyl adjacent to an activating group) is 1. The first-order valence-electron chi connectivity index (χ1n) is 6.75. The van der Waals surface area contributed by atoms with Gasteiger partial charge in [-0.25, -0.2) is 0 Å². The summed E-state index contributed by atoms with van der Waals surface area (Å²) in [5, 5.41) is 2.46. The molecule has 1 saturated heterocycles. The fourth-order valence-corrected chi connectivity index (χ4v) is 2.82. The van der Waals surface area contributed by atoms with Crippen LogP contribution in [0.25, 0.3) is 0 Å². The van der Waals surface area contributed by atoms with Crippen LogP contribution in [0.4, 0.5) is 0 Å². The second kappa shape index (κ2) is 5.49. The number of hydrogen-bond donors (Lipinski definition) is 1. The van der Waals surface area contributed by atoms with Gasteiger partial charge in [-0.05, 0) is 19.1 Å². The summed E-state index contributed by atoms with van der Waals surface area (Å²) < 4.78 is 10.4. The molecule has 0 saturated carbocycles. The predicted octanol–water partition coefficient (Wildman–Crippen LogP) is 0.946. The molecule has 2 aliphatic heterocycles. The van der Waals surface area contributed by atoms with Gasteiger partial charge in [0.2, 0.25) is 18.6 Å². The highest BCUT2D eigenvalue weighted by molar-refractivity contribution is 6.32. The number of nitrogens with one attached hydrogen (secondary N) is 1. The van der Waals surface area contributed by atoms with Crippen LogP contribution < -0.4 is 14.8 Å². The monoisotopic (exact) mass is 324 g/mol. The number of nitrogens with zero attached hydrogens (tertiary/aromatic N) is 1. The van der Waals surface area contributed by atoms with Crippen molar-refractivity contribution in [3.8, 4) is 11.5 Å². The molecule has 2 heterocycles. The van der Waals surface area contributed by atoms with E-state index in [1.54, 1.807) is 6.92 Å². The quantitative estimate of drug-likeness (QED) is 0.837. The summed E-state index contributed by atoms with van der Waals surface area (Å²) in [7, 11) is 0. The van der Waals surface area contributed by atoms with Crippen molar-refractivity contribution in [2.75, 3.05) is 13.3 Å². The van der Waals surface area contributed by atoms with Gasteiger partial charge in [0, 0.05) is 12.1 Å². The minimum atomic E-state index is -0.797. The van der Waals surface area contributed by atoms with Gasteiger partial charge in [-0.15, -0.1) is 0 Å². The van der Waals surface area contributed by atoms with Gasteiger partial charge in [0.25, 0.3) is 5.91 Å². The van der Waals surface area contributed by atoms with Crippen LogP contribution in [0.3, 0.4) is 0 Å². The van der Waals surface area contributed by atoms with E-state index in [0.29, 0.717) is 11.5 Å². The molecule has 0 aliphatic carbocycles. The molecule has 3 rings (SSSR count). The van der Waals surface area contributed by atoms with Crippen molar-refractivity contribution in [1.82, 2.24) is 10.2 Å². The minimum Gasteiger partial charge on any atom is -0.454 e. The lowest BCUT2D eigenvalue weighted by atomic mass is 10.1. The number of halogens is 1. The van der Waals surface area contributed by atoms with Crippen LogP contribution in [0, 0.1) is 0 Å². The van der Waals surface area contributed by atoms with E-state index in [2.05, 4.69) is 5.32 Å². The third-order valence-corrected chi connectivity index (χ3v) is 3.88. The van der Waals surface area contributed by atoms with Crippen LogP contribution in [-0.4, -0.2) is 42.0 Å². The molecule has 1 aromatic carbocycles. The maximum atomic E-state index is 12.6. The lowest BCUT2D eigenvalue weighted by Crippen LogP contribution is -2.44. The molecule has 1 atom stereocenters. The van der Waals surface area contributed by atoms with Gasteiger partial charge in [0.1, 0.15) is 6.04 Å². The Morgan fingerprint density at radius 3 is 2.82 bits per heavy atom. The van der Waals surface area contributed by atoms with Gasteiger partial charge < -0.3 is 14.4 Å². The second-order valence-corrected chi connectivity index (χ2v) is 5.32. The third kappa shape index (κ3) is 2.37. The van der Waals surface area contributed by atoms with Crippen LogP contribution in [0.2, 0.25) is 5.02 Å². The molecule has 1 N–H and O–H groups in total. The van der Waals surface area contributed by atoms with Crippen LogP contribution in [0.1, 0.15) is 23.7 Å². The van der Waals surface area contributed by atoms with Gasteiger partial charge in [-0.3, -0.25) is 19.7 Å².